The normalized spacial score (nSPS) is 12.1. The van der Waals surface area contributed by atoms with Gasteiger partial charge in [-0.2, -0.15) is 13.2 Å². The number of halogens is 4. The van der Waals surface area contributed by atoms with Crippen molar-refractivity contribution in [2.75, 3.05) is 13.7 Å². The summed E-state index contributed by atoms with van der Waals surface area (Å²) >= 11 is 6.09. The summed E-state index contributed by atoms with van der Waals surface area (Å²) in [5.41, 5.74) is 7.70. The van der Waals surface area contributed by atoms with E-state index in [-0.39, 0.29) is 10.5 Å². The number of alkyl halides is 3. The molecule has 4 aromatic rings. The van der Waals surface area contributed by atoms with Crippen LogP contribution in [0.1, 0.15) is 24.0 Å². The molecule has 0 atom stereocenters. The Morgan fingerprint density at radius 3 is 2.65 bits per heavy atom. The standard InChI is InChI=1S/C23H21ClF3N3O/c1-31-19-8-7-16(14-6-4-10-29-22(14)19)20-15(5-2-3-9-28)17-11-13(24)12-18(21(17)30-20)23(25,26)27/h4,6-8,10-12,30H,2-3,5,9,28H2,1H3. The van der Waals surface area contributed by atoms with Crippen molar-refractivity contribution in [3.63, 3.8) is 0 Å². The molecule has 2 aromatic heterocycles. The van der Waals surface area contributed by atoms with E-state index in [1.807, 2.05) is 12.1 Å². The van der Waals surface area contributed by atoms with Crippen LogP contribution in [0.2, 0.25) is 5.02 Å². The fourth-order valence-electron chi connectivity index (χ4n) is 4.00. The van der Waals surface area contributed by atoms with E-state index in [2.05, 4.69) is 9.97 Å². The van der Waals surface area contributed by atoms with E-state index in [9.17, 15) is 13.2 Å². The second kappa shape index (κ2) is 8.40. The van der Waals surface area contributed by atoms with Gasteiger partial charge in [-0.25, -0.2) is 0 Å². The molecule has 162 valence electrons. The molecule has 0 bridgehead atoms. The van der Waals surface area contributed by atoms with E-state index >= 15 is 0 Å². The molecule has 2 aromatic carbocycles. The monoisotopic (exact) mass is 447 g/mol. The molecule has 3 N–H and O–H groups in total. The van der Waals surface area contributed by atoms with Gasteiger partial charge in [-0.05, 0) is 61.7 Å². The highest BCUT2D eigenvalue weighted by Gasteiger charge is 2.35. The molecule has 8 heteroatoms. The van der Waals surface area contributed by atoms with Crippen molar-refractivity contribution in [3.8, 4) is 17.0 Å². The van der Waals surface area contributed by atoms with Crippen LogP contribution in [0.3, 0.4) is 0 Å². The number of benzene rings is 2. The number of nitrogens with one attached hydrogen (secondary N) is 1. The first-order valence-electron chi connectivity index (χ1n) is 9.88. The first kappa shape index (κ1) is 21.5. The molecule has 31 heavy (non-hydrogen) atoms. The Labute approximate surface area is 182 Å². The summed E-state index contributed by atoms with van der Waals surface area (Å²) in [5.74, 6) is 0.596. The highest BCUT2D eigenvalue weighted by atomic mass is 35.5. The molecule has 0 unspecified atom stereocenters. The molecule has 0 spiro atoms. The van der Waals surface area contributed by atoms with Crippen LogP contribution < -0.4 is 10.5 Å². The number of aromatic nitrogens is 2. The highest BCUT2D eigenvalue weighted by molar-refractivity contribution is 6.31. The molecule has 0 radical (unpaired) electrons. The van der Waals surface area contributed by atoms with Gasteiger partial charge in [-0.1, -0.05) is 17.7 Å². The summed E-state index contributed by atoms with van der Waals surface area (Å²) in [6, 6.07) is 9.84. The van der Waals surface area contributed by atoms with Crippen molar-refractivity contribution in [2.24, 2.45) is 5.73 Å². The number of nitrogens with two attached hydrogens (primary N) is 1. The van der Waals surface area contributed by atoms with Crippen LogP contribution in [-0.2, 0) is 12.6 Å². The van der Waals surface area contributed by atoms with E-state index in [1.165, 1.54) is 0 Å². The van der Waals surface area contributed by atoms with Gasteiger partial charge in [0.25, 0.3) is 0 Å². The number of pyridine rings is 1. The van der Waals surface area contributed by atoms with Gasteiger partial charge < -0.3 is 15.5 Å². The lowest BCUT2D eigenvalue weighted by Gasteiger charge is -2.11. The molecule has 0 aliphatic rings. The van der Waals surface area contributed by atoms with Crippen LogP contribution in [-0.4, -0.2) is 23.6 Å². The van der Waals surface area contributed by atoms with Gasteiger partial charge in [0.1, 0.15) is 11.3 Å². The number of hydrogen-bond acceptors (Lipinski definition) is 3. The van der Waals surface area contributed by atoms with E-state index in [0.29, 0.717) is 35.3 Å². The summed E-state index contributed by atoms with van der Waals surface area (Å²) in [5, 5.41) is 1.31. The molecular formula is C23H21ClF3N3O. The second-order valence-electron chi connectivity index (χ2n) is 7.31. The van der Waals surface area contributed by atoms with Crippen molar-refractivity contribution >= 4 is 33.4 Å². The predicted octanol–water partition coefficient (Wildman–Crippen LogP) is 6.35. The number of rotatable bonds is 6. The largest absolute Gasteiger partial charge is 0.494 e. The number of fused-ring (bicyclic) bond motifs is 2. The van der Waals surface area contributed by atoms with Crippen LogP contribution in [0.25, 0.3) is 33.1 Å². The fraction of sp³-hybridized carbons (Fsp3) is 0.261. The SMILES string of the molecule is COc1ccc(-c2[nH]c3c(C(F)(F)F)cc(Cl)cc3c2CCCCN)c2cccnc12. The first-order chi connectivity index (χ1) is 14.8. The Hall–Kier alpha value is -2.77. The maximum absolute atomic E-state index is 13.8. The zero-order chi connectivity index (χ0) is 22.2. The number of aryl methyl sites for hydroxylation is 1. The summed E-state index contributed by atoms with van der Waals surface area (Å²) in [6.07, 6.45) is -0.800. The zero-order valence-electron chi connectivity index (χ0n) is 16.8. The number of methoxy groups -OCH3 is 1. The van der Waals surface area contributed by atoms with Crippen LogP contribution in [0.4, 0.5) is 13.2 Å². The predicted molar refractivity (Wildman–Crippen MR) is 118 cm³/mol. The van der Waals surface area contributed by atoms with Crippen LogP contribution in [0.5, 0.6) is 5.75 Å². The number of hydrogen-bond donors (Lipinski definition) is 2. The molecule has 0 saturated heterocycles. The minimum atomic E-state index is -4.54. The van der Waals surface area contributed by atoms with Crippen molar-refractivity contribution in [3.05, 3.63) is 58.7 Å². The Bertz CT molecular complexity index is 1250. The molecule has 0 saturated carbocycles. The number of unbranched alkanes of at least 4 members (excludes halogenated alkanes) is 1. The molecule has 0 aliphatic heterocycles. The Kier molecular flexibility index (Phi) is 5.81. The molecule has 4 nitrogen and oxygen atoms in total. The minimum absolute atomic E-state index is 0.0301. The molecule has 0 amide bonds. The lowest BCUT2D eigenvalue weighted by Crippen LogP contribution is -2.05. The zero-order valence-corrected chi connectivity index (χ0v) is 17.6. The van der Waals surface area contributed by atoms with Crippen molar-refractivity contribution in [2.45, 2.75) is 25.4 Å². The van der Waals surface area contributed by atoms with Gasteiger partial charge in [0, 0.05) is 27.6 Å². The third-order valence-electron chi connectivity index (χ3n) is 5.39. The third-order valence-corrected chi connectivity index (χ3v) is 5.61. The molecular weight excluding hydrogens is 427 g/mol. The maximum atomic E-state index is 13.8. The number of ether oxygens (including phenoxy) is 1. The average molecular weight is 448 g/mol. The van der Waals surface area contributed by atoms with E-state index in [1.54, 1.807) is 31.5 Å². The number of H-pyrrole nitrogens is 1. The summed E-state index contributed by atoms with van der Waals surface area (Å²) in [6.45, 7) is 0.516. The molecule has 4 rings (SSSR count). The van der Waals surface area contributed by atoms with Gasteiger partial charge in [0.15, 0.2) is 0 Å². The Morgan fingerprint density at radius 2 is 1.94 bits per heavy atom. The molecule has 0 fully saturated rings. The second-order valence-corrected chi connectivity index (χ2v) is 7.75. The summed E-state index contributed by atoms with van der Waals surface area (Å²) in [4.78, 5) is 7.47. The van der Waals surface area contributed by atoms with Gasteiger partial charge in [-0.15, -0.1) is 0 Å². The van der Waals surface area contributed by atoms with Gasteiger partial charge in [0.2, 0.25) is 0 Å². The topological polar surface area (TPSA) is 63.9 Å². The smallest absolute Gasteiger partial charge is 0.418 e. The fourth-order valence-corrected chi connectivity index (χ4v) is 4.22. The Balaban J connectivity index is 2.04. The van der Waals surface area contributed by atoms with Crippen molar-refractivity contribution < 1.29 is 17.9 Å². The first-order valence-corrected chi connectivity index (χ1v) is 10.3. The van der Waals surface area contributed by atoms with Gasteiger partial charge in [0.05, 0.1) is 23.9 Å². The van der Waals surface area contributed by atoms with Gasteiger partial charge >= 0.3 is 6.18 Å². The lowest BCUT2D eigenvalue weighted by molar-refractivity contribution is -0.136. The summed E-state index contributed by atoms with van der Waals surface area (Å²) < 4.78 is 46.7. The van der Waals surface area contributed by atoms with Crippen LogP contribution in [0.15, 0.2) is 42.6 Å². The quantitative estimate of drug-likeness (QED) is 0.339. The van der Waals surface area contributed by atoms with Crippen molar-refractivity contribution in [1.82, 2.24) is 9.97 Å². The number of aromatic amines is 1. The maximum Gasteiger partial charge on any atom is 0.418 e. The van der Waals surface area contributed by atoms with Gasteiger partial charge in [-0.3, -0.25) is 4.98 Å². The minimum Gasteiger partial charge on any atom is -0.494 e. The van der Waals surface area contributed by atoms with E-state index < -0.39 is 11.7 Å². The van der Waals surface area contributed by atoms with E-state index in [0.717, 1.165) is 35.4 Å². The highest BCUT2D eigenvalue weighted by Crippen LogP contribution is 2.43. The number of nitrogens with zero attached hydrogens (tertiary/aromatic N) is 1. The van der Waals surface area contributed by atoms with Crippen molar-refractivity contribution in [1.29, 1.82) is 0 Å². The van der Waals surface area contributed by atoms with E-state index in [4.69, 9.17) is 22.1 Å². The Morgan fingerprint density at radius 1 is 1.13 bits per heavy atom. The third kappa shape index (κ3) is 3.95. The lowest BCUT2D eigenvalue weighted by atomic mass is 9.97. The van der Waals surface area contributed by atoms with Crippen LogP contribution >= 0.6 is 11.6 Å². The average Bonchev–Trinajstić information content (AvgIpc) is 3.09. The molecule has 2 heterocycles. The molecule has 0 aliphatic carbocycles. The van der Waals surface area contributed by atoms with Crippen LogP contribution in [0, 0.1) is 0 Å². The summed E-state index contributed by atoms with van der Waals surface area (Å²) in [7, 11) is 1.56.